The first kappa shape index (κ1) is 25.5. The van der Waals surface area contributed by atoms with Gasteiger partial charge in [-0.1, -0.05) is 18.2 Å². The van der Waals surface area contributed by atoms with Crippen molar-refractivity contribution in [3.05, 3.63) is 82.8 Å². The number of para-hydroxylation sites is 1. The SMILES string of the molecule is Cc1cnc(N)c(C)c1C(=O)Nc1cccc(C(C)(CN)N(C)c2ncnc3c(C(N)=O)cccc23)c1. The number of nitrogens with two attached hydrogens (primary N) is 3. The van der Waals surface area contributed by atoms with Crippen LogP contribution < -0.4 is 27.4 Å². The van der Waals surface area contributed by atoms with Gasteiger partial charge in [0.1, 0.15) is 18.0 Å². The molecule has 2 heterocycles. The molecule has 0 spiro atoms. The van der Waals surface area contributed by atoms with E-state index < -0.39 is 11.4 Å². The van der Waals surface area contributed by atoms with E-state index in [0.717, 1.165) is 11.1 Å². The average Bonchev–Trinajstić information content (AvgIpc) is 2.89. The van der Waals surface area contributed by atoms with Crippen molar-refractivity contribution >= 4 is 40.0 Å². The van der Waals surface area contributed by atoms with E-state index in [-0.39, 0.29) is 12.5 Å². The summed E-state index contributed by atoms with van der Waals surface area (Å²) in [5.41, 5.74) is 21.2. The number of hydrogen-bond acceptors (Lipinski definition) is 8. The van der Waals surface area contributed by atoms with Crippen LogP contribution in [0.15, 0.2) is 55.0 Å². The van der Waals surface area contributed by atoms with Crippen molar-refractivity contribution in [2.75, 3.05) is 29.5 Å². The van der Waals surface area contributed by atoms with Crippen molar-refractivity contribution in [3.63, 3.8) is 0 Å². The third-order valence-electron chi connectivity index (χ3n) is 6.88. The summed E-state index contributed by atoms with van der Waals surface area (Å²) in [6, 6.07) is 12.7. The van der Waals surface area contributed by atoms with Crippen LogP contribution >= 0.6 is 0 Å². The molecule has 0 saturated heterocycles. The first-order valence-corrected chi connectivity index (χ1v) is 11.7. The number of fused-ring (bicyclic) bond motifs is 1. The van der Waals surface area contributed by atoms with E-state index >= 15 is 0 Å². The van der Waals surface area contributed by atoms with Crippen LogP contribution in [-0.2, 0) is 5.54 Å². The van der Waals surface area contributed by atoms with Crippen LogP contribution in [-0.4, -0.2) is 40.4 Å². The van der Waals surface area contributed by atoms with Crippen molar-refractivity contribution in [1.29, 1.82) is 0 Å². The van der Waals surface area contributed by atoms with Gasteiger partial charge in [0.25, 0.3) is 11.8 Å². The zero-order chi connectivity index (χ0) is 26.9. The highest BCUT2D eigenvalue weighted by molar-refractivity contribution is 6.07. The second kappa shape index (κ2) is 9.82. The predicted octanol–water partition coefficient (Wildman–Crippen LogP) is 2.89. The highest BCUT2D eigenvalue weighted by Crippen LogP contribution is 2.35. The summed E-state index contributed by atoms with van der Waals surface area (Å²) in [6.45, 7) is 5.82. The Morgan fingerprint density at radius 3 is 2.51 bits per heavy atom. The minimum atomic E-state index is -0.725. The van der Waals surface area contributed by atoms with Gasteiger partial charge in [0.05, 0.1) is 22.2 Å². The van der Waals surface area contributed by atoms with E-state index in [4.69, 9.17) is 17.2 Å². The molecule has 1 unspecified atom stereocenters. The molecule has 2 amide bonds. The van der Waals surface area contributed by atoms with Crippen molar-refractivity contribution in [3.8, 4) is 0 Å². The molecular formula is C27H30N8O2. The van der Waals surface area contributed by atoms with Crippen LogP contribution in [0.1, 0.15) is 44.3 Å². The van der Waals surface area contributed by atoms with E-state index in [1.807, 2.05) is 56.1 Å². The number of likely N-dealkylation sites (N-methyl/N-ethyl adjacent to an activating group) is 1. The molecule has 190 valence electrons. The Morgan fingerprint density at radius 2 is 1.81 bits per heavy atom. The lowest BCUT2D eigenvalue weighted by atomic mass is 9.89. The molecule has 4 rings (SSSR count). The number of nitrogens with zero attached hydrogens (tertiary/aromatic N) is 4. The standard InChI is InChI=1S/C27H30N8O2/c1-15-12-31-23(29)16(2)21(15)26(37)34-18-8-5-7-17(11-18)27(3,13-28)35(4)25-20-10-6-9-19(24(30)36)22(20)32-14-33-25/h5-12,14H,13,28H2,1-4H3,(H2,29,31)(H2,30,36)(H,34,37). The Morgan fingerprint density at radius 1 is 1.08 bits per heavy atom. The van der Waals surface area contributed by atoms with Crippen molar-refractivity contribution in [1.82, 2.24) is 15.0 Å². The fraction of sp³-hybridized carbons (Fsp3) is 0.222. The Bertz CT molecular complexity index is 1520. The highest BCUT2D eigenvalue weighted by Gasteiger charge is 2.32. The Kier molecular flexibility index (Phi) is 6.78. The second-order valence-electron chi connectivity index (χ2n) is 9.16. The van der Waals surface area contributed by atoms with E-state index in [1.54, 1.807) is 25.3 Å². The highest BCUT2D eigenvalue weighted by atomic mass is 16.2. The molecule has 10 nitrogen and oxygen atoms in total. The molecule has 0 bridgehead atoms. The number of nitrogens with one attached hydrogen (secondary N) is 1. The maximum Gasteiger partial charge on any atom is 0.256 e. The minimum Gasteiger partial charge on any atom is -0.383 e. The Balaban J connectivity index is 1.72. The summed E-state index contributed by atoms with van der Waals surface area (Å²) in [5, 5.41) is 3.65. The molecule has 37 heavy (non-hydrogen) atoms. The van der Waals surface area contributed by atoms with E-state index in [0.29, 0.717) is 44.9 Å². The predicted molar refractivity (Wildman–Crippen MR) is 145 cm³/mol. The van der Waals surface area contributed by atoms with Gasteiger partial charge in [-0.15, -0.1) is 0 Å². The van der Waals surface area contributed by atoms with E-state index in [1.165, 1.54) is 6.33 Å². The lowest BCUT2D eigenvalue weighted by Gasteiger charge is -2.40. The number of carbonyl (C=O) groups excluding carboxylic acids is 2. The van der Waals surface area contributed by atoms with Crippen molar-refractivity contribution < 1.29 is 9.59 Å². The van der Waals surface area contributed by atoms with E-state index in [9.17, 15) is 9.59 Å². The summed E-state index contributed by atoms with van der Waals surface area (Å²) in [6.07, 6.45) is 2.99. The first-order chi connectivity index (χ1) is 17.6. The van der Waals surface area contributed by atoms with Gasteiger partial charge in [0, 0.05) is 36.4 Å². The zero-order valence-electron chi connectivity index (χ0n) is 21.2. The third-order valence-corrected chi connectivity index (χ3v) is 6.88. The number of primary amides is 1. The van der Waals surface area contributed by atoms with Gasteiger partial charge < -0.3 is 27.4 Å². The molecule has 2 aromatic carbocycles. The number of carbonyl (C=O) groups is 2. The van der Waals surface area contributed by atoms with Crippen LogP contribution in [0, 0.1) is 13.8 Å². The maximum absolute atomic E-state index is 13.1. The molecule has 0 saturated carbocycles. The molecule has 0 radical (unpaired) electrons. The summed E-state index contributed by atoms with van der Waals surface area (Å²) in [4.78, 5) is 39.9. The Hall–Kier alpha value is -4.57. The monoisotopic (exact) mass is 498 g/mol. The number of anilines is 3. The van der Waals surface area contributed by atoms with Crippen molar-refractivity contribution in [2.24, 2.45) is 11.5 Å². The summed E-state index contributed by atoms with van der Waals surface area (Å²) in [7, 11) is 1.88. The molecule has 0 fully saturated rings. The summed E-state index contributed by atoms with van der Waals surface area (Å²) < 4.78 is 0. The lowest BCUT2D eigenvalue weighted by Crippen LogP contribution is -2.47. The lowest BCUT2D eigenvalue weighted by molar-refractivity contribution is 0.0998. The maximum atomic E-state index is 13.1. The van der Waals surface area contributed by atoms with Crippen LogP contribution in [0.4, 0.5) is 17.3 Å². The van der Waals surface area contributed by atoms with Gasteiger partial charge in [0.2, 0.25) is 0 Å². The molecule has 0 aliphatic carbocycles. The normalized spacial score (nSPS) is 12.7. The van der Waals surface area contributed by atoms with Gasteiger partial charge in [-0.3, -0.25) is 9.59 Å². The van der Waals surface area contributed by atoms with Gasteiger partial charge in [0.15, 0.2) is 0 Å². The number of benzene rings is 2. The number of pyridine rings is 1. The molecular weight excluding hydrogens is 468 g/mol. The minimum absolute atomic E-state index is 0.237. The number of nitrogen functional groups attached to an aromatic ring is 1. The van der Waals surface area contributed by atoms with Crippen LogP contribution in [0.2, 0.25) is 0 Å². The van der Waals surface area contributed by atoms with Gasteiger partial charge in [-0.05, 0) is 56.2 Å². The van der Waals surface area contributed by atoms with Crippen LogP contribution in [0.3, 0.4) is 0 Å². The fourth-order valence-corrected chi connectivity index (χ4v) is 4.45. The second-order valence-corrected chi connectivity index (χ2v) is 9.16. The van der Waals surface area contributed by atoms with E-state index in [2.05, 4.69) is 20.3 Å². The molecule has 0 aliphatic rings. The summed E-state index contributed by atoms with van der Waals surface area (Å²) in [5.74, 6) is 0.0709. The molecule has 1 atom stereocenters. The first-order valence-electron chi connectivity index (χ1n) is 11.7. The van der Waals surface area contributed by atoms with Crippen LogP contribution in [0.5, 0.6) is 0 Å². The molecule has 7 N–H and O–H groups in total. The molecule has 2 aromatic heterocycles. The molecule has 0 aliphatic heterocycles. The quantitative estimate of drug-likeness (QED) is 0.302. The number of hydrogen-bond donors (Lipinski definition) is 4. The molecule has 10 heteroatoms. The third kappa shape index (κ3) is 4.54. The van der Waals surface area contributed by atoms with Gasteiger partial charge in [-0.25, -0.2) is 15.0 Å². The van der Waals surface area contributed by atoms with Gasteiger partial charge in [-0.2, -0.15) is 0 Å². The number of aromatic nitrogens is 3. The largest absolute Gasteiger partial charge is 0.383 e. The summed E-state index contributed by atoms with van der Waals surface area (Å²) >= 11 is 0. The topological polar surface area (TPSA) is 166 Å². The fourth-order valence-electron chi connectivity index (χ4n) is 4.45. The molecule has 4 aromatic rings. The Labute approximate surface area is 214 Å². The zero-order valence-corrected chi connectivity index (χ0v) is 21.2. The smallest absolute Gasteiger partial charge is 0.256 e. The number of aryl methyl sites for hydroxylation is 1. The average molecular weight is 499 g/mol. The number of amides is 2. The van der Waals surface area contributed by atoms with Crippen LogP contribution in [0.25, 0.3) is 10.9 Å². The van der Waals surface area contributed by atoms with Crippen molar-refractivity contribution in [2.45, 2.75) is 26.3 Å². The number of rotatable bonds is 7. The van der Waals surface area contributed by atoms with Gasteiger partial charge >= 0.3 is 0 Å².